The van der Waals surface area contributed by atoms with E-state index >= 15 is 0 Å². The van der Waals surface area contributed by atoms with Crippen LogP contribution >= 0.6 is 0 Å². The van der Waals surface area contributed by atoms with E-state index in [0.29, 0.717) is 11.1 Å². The topological polar surface area (TPSA) is 183 Å². The maximum Gasteiger partial charge on any atom is 0.316 e. The number of aromatic nitrogens is 2. The lowest BCUT2D eigenvalue weighted by atomic mass is 10.1. The minimum atomic E-state index is -0.684. The standard InChI is InChI=1S/C19H16N6O7/c1-11-14(3-2-4-15(11)25(30)31)16-22-19(32-23-16)18(27)21-10-9-20-17(26)12-5-7-13(8-6-12)24(28)29/h2-8H,9-10H2,1H3,(H,20,26)(H,21,27). The zero-order chi connectivity index (χ0) is 23.3. The fourth-order valence-electron chi connectivity index (χ4n) is 2.75. The van der Waals surface area contributed by atoms with Crippen molar-refractivity contribution in [2.24, 2.45) is 0 Å². The number of amides is 2. The van der Waals surface area contributed by atoms with Gasteiger partial charge in [0.15, 0.2) is 0 Å². The minimum absolute atomic E-state index is 0.0304. The number of carbonyl (C=O) groups excluding carboxylic acids is 2. The van der Waals surface area contributed by atoms with Crippen molar-refractivity contribution in [2.45, 2.75) is 6.92 Å². The van der Waals surface area contributed by atoms with Crippen LogP contribution < -0.4 is 10.6 Å². The Labute approximate surface area is 179 Å². The molecule has 1 aromatic heterocycles. The molecule has 13 nitrogen and oxygen atoms in total. The maximum absolute atomic E-state index is 12.2. The van der Waals surface area contributed by atoms with Gasteiger partial charge in [0.25, 0.3) is 17.3 Å². The SMILES string of the molecule is Cc1c(-c2noc(C(=O)NCCNC(=O)c3ccc([N+](=O)[O-])cc3)n2)cccc1[N+](=O)[O-]. The van der Waals surface area contributed by atoms with Gasteiger partial charge in [0.05, 0.1) is 9.85 Å². The predicted octanol–water partition coefficient (Wildman–Crippen LogP) is 2.02. The van der Waals surface area contributed by atoms with Crippen molar-refractivity contribution < 1.29 is 24.0 Å². The Kier molecular flexibility index (Phi) is 6.48. The normalized spacial score (nSPS) is 10.4. The van der Waals surface area contributed by atoms with Gasteiger partial charge in [-0.1, -0.05) is 17.3 Å². The number of rotatable bonds is 8. The van der Waals surface area contributed by atoms with E-state index in [1.165, 1.54) is 43.3 Å². The molecule has 0 aliphatic heterocycles. The number of hydrogen-bond acceptors (Lipinski definition) is 9. The van der Waals surface area contributed by atoms with Gasteiger partial charge in [0, 0.05) is 48.0 Å². The van der Waals surface area contributed by atoms with E-state index in [1.807, 2.05) is 0 Å². The van der Waals surface area contributed by atoms with Crippen LogP contribution in [0.2, 0.25) is 0 Å². The summed E-state index contributed by atoms with van der Waals surface area (Å²) in [5.74, 6) is -1.46. The Balaban J connectivity index is 1.54. The molecule has 164 valence electrons. The molecule has 1 heterocycles. The Bertz CT molecular complexity index is 1190. The molecule has 2 N–H and O–H groups in total. The van der Waals surface area contributed by atoms with Crippen LogP contribution in [0.5, 0.6) is 0 Å². The fourth-order valence-corrected chi connectivity index (χ4v) is 2.75. The molecule has 0 spiro atoms. The quantitative estimate of drug-likeness (QED) is 0.300. The molecule has 0 bridgehead atoms. The lowest BCUT2D eigenvalue weighted by Gasteiger charge is -2.05. The van der Waals surface area contributed by atoms with Crippen LogP contribution in [-0.4, -0.2) is 44.9 Å². The van der Waals surface area contributed by atoms with Gasteiger partial charge in [0.2, 0.25) is 5.82 Å². The molecule has 0 fully saturated rings. The van der Waals surface area contributed by atoms with Gasteiger partial charge in [0.1, 0.15) is 0 Å². The van der Waals surface area contributed by atoms with Crippen molar-refractivity contribution in [1.29, 1.82) is 0 Å². The molecule has 3 aromatic rings. The first-order valence-electron chi connectivity index (χ1n) is 9.17. The summed E-state index contributed by atoms with van der Waals surface area (Å²) in [6.07, 6.45) is 0. The van der Waals surface area contributed by atoms with Gasteiger partial charge in [-0.05, 0) is 19.1 Å². The van der Waals surface area contributed by atoms with Crippen molar-refractivity contribution in [3.63, 3.8) is 0 Å². The highest BCUT2D eigenvalue weighted by molar-refractivity contribution is 5.94. The number of benzene rings is 2. The molecule has 0 saturated heterocycles. The van der Waals surface area contributed by atoms with Crippen molar-refractivity contribution in [3.05, 3.63) is 79.7 Å². The molecule has 0 unspecified atom stereocenters. The first-order valence-corrected chi connectivity index (χ1v) is 9.17. The molecule has 0 saturated carbocycles. The Morgan fingerprint density at radius 1 is 0.969 bits per heavy atom. The van der Waals surface area contributed by atoms with Crippen LogP contribution in [0.25, 0.3) is 11.4 Å². The van der Waals surface area contributed by atoms with Gasteiger partial charge in [-0.15, -0.1) is 0 Å². The van der Waals surface area contributed by atoms with Crippen LogP contribution in [0.1, 0.15) is 26.6 Å². The first-order chi connectivity index (χ1) is 15.3. The largest absolute Gasteiger partial charge is 0.350 e. The summed E-state index contributed by atoms with van der Waals surface area (Å²) in [5, 5.41) is 30.4. The van der Waals surface area contributed by atoms with Gasteiger partial charge in [-0.25, -0.2) is 0 Å². The zero-order valence-corrected chi connectivity index (χ0v) is 16.6. The Morgan fingerprint density at radius 3 is 2.25 bits per heavy atom. The van der Waals surface area contributed by atoms with Crippen LogP contribution in [0.15, 0.2) is 47.0 Å². The van der Waals surface area contributed by atoms with Crippen molar-refractivity contribution in [3.8, 4) is 11.4 Å². The number of carbonyl (C=O) groups is 2. The fraction of sp³-hybridized carbons (Fsp3) is 0.158. The summed E-state index contributed by atoms with van der Waals surface area (Å²) >= 11 is 0. The molecule has 3 rings (SSSR count). The summed E-state index contributed by atoms with van der Waals surface area (Å²) in [7, 11) is 0. The molecule has 0 aliphatic carbocycles. The average molecular weight is 440 g/mol. The second-order valence-corrected chi connectivity index (χ2v) is 6.45. The third kappa shape index (κ3) is 4.89. The Morgan fingerprint density at radius 2 is 1.62 bits per heavy atom. The summed E-state index contributed by atoms with van der Waals surface area (Å²) < 4.78 is 4.93. The molecule has 0 atom stereocenters. The number of nitrogens with zero attached hydrogens (tertiary/aromatic N) is 4. The minimum Gasteiger partial charge on any atom is -0.350 e. The van der Waals surface area contributed by atoms with E-state index in [0.717, 1.165) is 0 Å². The third-order valence-corrected chi connectivity index (χ3v) is 4.40. The smallest absolute Gasteiger partial charge is 0.316 e. The molecule has 32 heavy (non-hydrogen) atoms. The number of nitro groups is 2. The van der Waals surface area contributed by atoms with E-state index < -0.39 is 21.7 Å². The molecular weight excluding hydrogens is 424 g/mol. The van der Waals surface area contributed by atoms with E-state index in [2.05, 4.69) is 20.8 Å². The van der Waals surface area contributed by atoms with Gasteiger partial charge >= 0.3 is 11.8 Å². The van der Waals surface area contributed by atoms with Crippen LogP contribution in [-0.2, 0) is 0 Å². The summed E-state index contributed by atoms with van der Waals surface area (Å²) in [6.45, 7) is 1.66. The number of hydrogen-bond donors (Lipinski definition) is 2. The van der Waals surface area contributed by atoms with Crippen LogP contribution in [0.4, 0.5) is 11.4 Å². The lowest BCUT2D eigenvalue weighted by Crippen LogP contribution is -2.34. The van der Waals surface area contributed by atoms with Gasteiger partial charge in [-0.3, -0.25) is 29.8 Å². The average Bonchev–Trinajstić information content (AvgIpc) is 3.26. The van der Waals surface area contributed by atoms with E-state index in [9.17, 15) is 29.8 Å². The monoisotopic (exact) mass is 440 g/mol. The first kappa shape index (κ1) is 22.0. The molecule has 0 aliphatic rings. The second-order valence-electron chi connectivity index (χ2n) is 6.45. The lowest BCUT2D eigenvalue weighted by molar-refractivity contribution is -0.385. The molecular formula is C19H16N6O7. The predicted molar refractivity (Wildman–Crippen MR) is 109 cm³/mol. The van der Waals surface area contributed by atoms with Gasteiger partial charge in [-0.2, -0.15) is 4.98 Å². The maximum atomic E-state index is 12.2. The molecule has 2 amide bonds. The zero-order valence-electron chi connectivity index (χ0n) is 16.6. The summed E-state index contributed by atoms with van der Waals surface area (Å²) in [6, 6.07) is 9.47. The Hall–Kier alpha value is -4.68. The third-order valence-electron chi connectivity index (χ3n) is 4.40. The highest BCUT2D eigenvalue weighted by Crippen LogP contribution is 2.27. The van der Waals surface area contributed by atoms with Crippen molar-refractivity contribution in [1.82, 2.24) is 20.8 Å². The molecule has 0 radical (unpaired) electrons. The van der Waals surface area contributed by atoms with Crippen molar-refractivity contribution in [2.75, 3.05) is 13.1 Å². The van der Waals surface area contributed by atoms with Crippen molar-refractivity contribution >= 4 is 23.2 Å². The number of non-ortho nitro benzene ring substituents is 1. The highest BCUT2D eigenvalue weighted by atomic mass is 16.6. The highest BCUT2D eigenvalue weighted by Gasteiger charge is 2.20. The van der Waals surface area contributed by atoms with E-state index in [4.69, 9.17) is 4.52 Å². The van der Waals surface area contributed by atoms with Crippen LogP contribution in [0, 0.1) is 27.2 Å². The van der Waals surface area contributed by atoms with Gasteiger partial charge < -0.3 is 15.2 Å². The number of nitrogens with one attached hydrogen (secondary N) is 2. The summed E-state index contributed by atoms with van der Waals surface area (Å²) in [5.41, 5.74) is 0.683. The van der Waals surface area contributed by atoms with E-state index in [-0.39, 0.29) is 41.7 Å². The summed E-state index contributed by atoms with van der Waals surface area (Å²) in [4.78, 5) is 48.8. The second kappa shape index (κ2) is 9.42. The van der Waals surface area contributed by atoms with Crippen LogP contribution in [0.3, 0.4) is 0 Å². The molecule has 13 heteroatoms. The number of nitro benzene ring substituents is 2. The molecule has 2 aromatic carbocycles. The van der Waals surface area contributed by atoms with E-state index in [1.54, 1.807) is 6.07 Å².